The van der Waals surface area contributed by atoms with Gasteiger partial charge in [0.1, 0.15) is 0 Å². The Morgan fingerprint density at radius 2 is 1.95 bits per heavy atom. The molecule has 1 unspecified atom stereocenters. The average molecular weight is 256 g/mol. The maximum Gasteiger partial charge on any atom is 0.166 e. The van der Waals surface area contributed by atoms with E-state index in [2.05, 4.69) is 4.98 Å². The number of ketones is 1. The van der Waals surface area contributed by atoms with Gasteiger partial charge in [0.25, 0.3) is 0 Å². The third kappa shape index (κ3) is 2.99. The molecule has 1 atom stereocenters. The smallest absolute Gasteiger partial charge is 0.166 e. The Morgan fingerprint density at radius 3 is 2.63 bits per heavy atom. The zero-order valence-electron chi connectivity index (χ0n) is 11.7. The monoisotopic (exact) mass is 256 g/mol. The van der Waals surface area contributed by atoms with Gasteiger partial charge in [-0.1, -0.05) is 39.0 Å². The molecule has 0 bridgehead atoms. The molecule has 3 heteroatoms. The minimum Gasteiger partial charge on any atom is -0.327 e. The molecule has 0 saturated heterocycles. The van der Waals surface area contributed by atoms with Crippen molar-refractivity contribution in [3.05, 3.63) is 42.1 Å². The lowest BCUT2D eigenvalue weighted by Gasteiger charge is -2.26. The van der Waals surface area contributed by atoms with Crippen molar-refractivity contribution in [2.24, 2.45) is 11.1 Å². The molecule has 2 rings (SSSR count). The first-order valence-electron chi connectivity index (χ1n) is 6.52. The number of hydrogen-bond acceptors (Lipinski definition) is 3. The fourth-order valence-corrected chi connectivity index (χ4v) is 1.95. The predicted octanol–water partition coefficient (Wildman–Crippen LogP) is 3.18. The number of aromatic nitrogens is 1. The van der Waals surface area contributed by atoms with Gasteiger partial charge in [0.2, 0.25) is 0 Å². The molecular formula is C16H20N2O. The highest BCUT2D eigenvalue weighted by Gasteiger charge is 2.24. The second-order valence-electron chi connectivity index (χ2n) is 5.98. The minimum absolute atomic E-state index is 0.0618. The summed E-state index contributed by atoms with van der Waals surface area (Å²) in [7, 11) is 0. The number of hydrogen-bond donors (Lipinski definition) is 1. The minimum atomic E-state index is -0.154. The number of nitrogens with two attached hydrogens (primary N) is 1. The van der Waals surface area contributed by atoms with E-state index in [1.54, 1.807) is 6.20 Å². The van der Waals surface area contributed by atoms with Crippen LogP contribution >= 0.6 is 0 Å². The van der Waals surface area contributed by atoms with Crippen LogP contribution in [0.15, 0.2) is 36.5 Å². The fourth-order valence-electron chi connectivity index (χ4n) is 1.95. The van der Waals surface area contributed by atoms with Crippen LogP contribution < -0.4 is 5.73 Å². The number of rotatable bonds is 3. The van der Waals surface area contributed by atoms with E-state index in [1.807, 2.05) is 51.1 Å². The van der Waals surface area contributed by atoms with Crippen molar-refractivity contribution in [1.29, 1.82) is 0 Å². The van der Waals surface area contributed by atoms with E-state index >= 15 is 0 Å². The summed E-state index contributed by atoms with van der Waals surface area (Å²) >= 11 is 0. The third-order valence-electron chi connectivity index (χ3n) is 3.45. The van der Waals surface area contributed by atoms with Crippen LogP contribution in [0.2, 0.25) is 0 Å². The molecule has 1 heterocycles. The van der Waals surface area contributed by atoms with E-state index in [0.29, 0.717) is 12.0 Å². The molecule has 2 N–H and O–H groups in total. The van der Waals surface area contributed by atoms with Gasteiger partial charge < -0.3 is 5.73 Å². The maximum atomic E-state index is 12.4. The van der Waals surface area contributed by atoms with E-state index in [9.17, 15) is 4.79 Å². The standard InChI is InChI=1S/C16H20N2O/c1-16(2,3)14(17)10-13(19)12-8-4-6-11-7-5-9-18-15(11)12/h4-9,14H,10,17H2,1-3H3. The van der Waals surface area contributed by atoms with Crippen LogP contribution in [0.25, 0.3) is 10.9 Å². The first-order valence-corrected chi connectivity index (χ1v) is 6.52. The van der Waals surface area contributed by atoms with Gasteiger partial charge >= 0.3 is 0 Å². The summed E-state index contributed by atoms with van der Waals surface area (Å²) in [6.45, 7) is 6.14. The van der Waals surface area contributed by atoms with Crippen LogP contribution in [0.4, 0.5) is 0 Å². The Balaban J connectivity index is 2.32. The van der Waals surface area contributed by atoms with Gasteiger partial charge in [0.15, 0.2) is 5.78 Å². The quantitative estimate of drug-likeness (QED) is 0.858. The van der Waals surface area contributed by atoms with Gasteiger partial charge in [-0.15, -0.1) is 0 Å². The molecule has 0 saturated carbocycles. The van der Waals surface area contributed by atoms with Crippen molar-refractivity contribution in [2.75, 3.05) is 0 Å². The lowest BCUT2D eigenvalue weighted by molar-refractivity contribution is 0.0954. The second-order valence-corrected chi connectivity index (χ2v) is 5.98. The molecule has 1 aromatic carbocycles. The molecule has 0 spiro atoms. The molecule has 0 aliphatic rings. The molecule has 19 heavy (non-hydrogen) atoms. The summed E-state index contributed by atoms with van der Waals surface area (Å²) in [5, 5.41) is 0.984. The zero-order valence-corrected chi connectivity index (χ0v) is 11.7. The highest BCUT2D eigenvalue weighted by Crippen LogP contribution is 2.23. The number of nitrogens with zero attached hydrogens (tertiary/aromatic N) is 1. The summed E-state index contributed by atoms with van der Waals surface area (Å²) in [5.74, 6) is 0.0618. The number of Topliss-reactive ketones (excluding diaryl/α,β-unsaturated/α-hetero) is 1. The van der Waals surface area contributed by atoms with Gasteiger partial charge in [0, 0.05) is 29.6 Å². The lowest BCUT2D eigenvalue weighted by atomic mass is 9.83. The van der Waals surface area contributed by atoms with Gasteiger partial charge in [-0.2, -0.15) is 0 Å². The van der Waals surface area contributed by atoms with Crippen LogP contribution in [0.1, 0.15) is 37.6 Å². The van der Waals surface area contributed by atoms with Crippen LogP contribution in [-0.2, 0) is 0 Å². The van der Waals surface area contributed by atoms with E-state index in [0.717, 1.165) is 10.9 Å². The van der Waals surface area contributed by atoms with Crippen molar-refractivity contribution in [3.63, 3.8) is 0 Å². The van der Waals surface area contributed by atoms with Crippen molar-refractivity contribution >= 4 is 16.7 Å². The highest BCUT2D eigenvalue weighted by atomic mass is 16.1. The Morgan fingerprint density at radius 1 is 1.26 bits per heavy atom. The number of para-hydroxylation sites is 1. The second kappa shape index (κ2) is 5.10. The molecule has 1 aromatic heterocycles. The Labute approximate surface area is 113 Å². The average Bonchev–Trinajstić information content (AvgIpc) is 2.36. The van der Waals surface area contributed by atoms with Crippen molar-refractivity contribution < 1.29 is 4.79 Å². The van der Waals surface area contributed by atoms with Crippen LogP contribution in [0.5, 0.6) is 0 Å². The molecule has 0 amide bonds. The Kier molecular flexibility index (Phi) is 3.67. The largest absolute Gasteiger partial charge is 0.327 e. The summed E-state index contributed by atoms with van der Waals surface area (Å²) in [4.78, 5) is 16.7. The Bertz CT molecular complexity index is 594. The maximum absolute atomic E-state index is 12.4. The van der Waals surface area contributed by atoms with Crippen LogP contribution in [-0.4, -0.2) is 16.8 Å². The normalized spacial score (nSPS) is 13.5. The zero-order chi connectivity index (χ0) is 14.0. The predicted molar refractivity (Wildman–Crippen MR) is 78.1 cm³/mol. The molecular weight excluding hydrogens is 236 g/mol. The number of carbonyl (C=O) groups is 1. The lowest BCUT2D eigenvalue weighted by Crippen LogP contribution is -2.37. The van der Waals surface area contributed by atoms with E-state index in [4.69, 9.17) is 5.73 Å². The SMILES string of the molecule is CC(C)(C)C(N)CC(=O)c1cccc2cccnc12. The van der Waals surface area contributed by atoms with E-state index in [-0.39, 0.29) is 17.2 Å². The molecule has 3 nitrogen and oxygen atoms in total. The van der Waals surface area contributed by atoms with Gasteiger partial charge in [-0.3, -0.25) is 9.78 Å². The topological polar surface area (TPSA) is 56.0 Å². The molecule has 0 aliphatic heterocycles. The summed E-state index contributed by atoms with van der Waals surface area (Å²) in [5.41, 5.74) is 7.44. The van der Waals surface area contributed by atoms with Crippen molar-refractivity contribution in [2.45, 2.75) is 33.2 Å². The summed E-state index contributed by atoms with van der Waals surface area (Å²) in [6, 6.07) is 9.36. The van der Waals surface area contributed by atoms with Crippen molar-refractivity contribution in [3.8, 4) is 0 Å². The van der Waals surface area contributed by atoms with Gasteiger partial charge in [0.05, 0.1) is 5.52 Å². The van der Waals surface area contributed by atoms with Crippen molar-refractivity contribution in [1.82, 2.24) is 4.98 Å². The Hall–Kier alpha value is -1.74. The number of fused-ring (bicyclic) bond motifs is 1. The van der Waals surface area contributed by atoms with Crippen LogP contribution in [0, 0.1) is 5.41 Å². The number of pyridine rings is 1. The molecule has 0 fully saturated rings. The highest BCUT2D eigenvalue weighted by molar-refractivity contribution is 6.06. The van der Waals surface area contributed by atoms with E-state index < -0.39 is 0 Å². The molecule has 100 valence electrons. The first-order chi connectivity index (χ1) is 8.89. The van der Waals surface area contributed by atoms with E-state index in [1.165, 1.54) is 0 Å². The summed E-state index contributed by atoms with van der Waals surface area (Å²) < 4.78 is 0. The summed E-state index contributed by atoms with van der Waals surface area (Å²) in [6.07, 6.45) is 2.06. The third-order valence-corrected chi connectivity index (χ3v) is 3.45. The molecule has 2 aromatic rings. The van der Waals surface area contributed by atoms with Gasteiger partial charge in [-0.05, 0) is 17.5 Å². The number of benzene rings is 1. The first kappa shape index (κ1) is 13.7. The number of carbonyl (C=O) groups excluding carboxylic acids is 1. The molecule has 0 aliphatic carbocycles. The van der Waals surface area contributed by atoms with Crippen LogP contribution in [0.3, 0.4) is 0 Å². The fraction of sp³-hybridized carbons (Fsp3) is 0.375. The van der Waals surface area contributed by atoms with Gasteiger partial charge in [-0.25, -0.2) is 0 Å². The molecule has 0 radical (unpaired) electrons.